The number of aryl methyl sites for hydroxylation is 1. The maximum atomic E-state index is 11.7. The van der Waals surface area contributed by atoms with Crippen LogP contribution in [0, 0.1) is 0 Å². The van der Waals surface area contributed by atoms with E-state index in [1.807, 2.05) is 6.92 Å². The first kappa shape index (κ1) is 13.4. The van der Waals surface area contributed by atoms with Crippen LogP contribution in [0.4, 0.5) is 0 Å². The number of carbonyl (C=O) groups excluding carboxylic acids is 1. The Morgan fingerprint density at radius 1 is 1.56 bits per heavy atom. The summed E-state index contributed by atoms with van der Waals surface area (Å²) in [5.74, 6) is 0.0197. The summed E-state index contributed by atoms with van der Waals surface area (Å²) in [6.07, 6.45) is 1.33. The van der Waals surface area contributed by atoms with Crippen LogP contribution in [-0.4, -0.2) is 41.9 Å². The summed E-state index contributed by atoms with van der Waals surface area (Å²) in [6.45, 7) is 4.64. The van der Waals surface area contributed by atoms with E-state index >= 15 is 0 Å². The van der Waals surface area contributed by atoms with Gasteiger partial charge in [0.15, 0.2) is 0 Å². The molecule has 0 spiro atoms. The third-order valence-corrected chi connectivity index (χ3v) is 3.75. The molecule has 0 saturated carbocycles. The molecule has 1 aliphatic rings. The summed E-state index contributed by atoms with van der Waals surface area (Å²) in [7, 11) is 0. The van der Waals surface area contributed by atoms with Crippen LogP contribution in [0.2, 0.25) is 0 Å². The fourth-order valence-corrected chi connectivity index (χ4v) is 2.45. The van der Waals surface area contributed by atoms with Crippen LogP contribution in [0.1, 0.15) is 23.4 Å². The summed E-state index contributed by atoms with van der Waals surface area (Å²) in [5, 5.41) is 16.0. The first-order valence-electron chi connectivity index (χ1n) is 6.17. The van der Waals surface area contributed by atoms with E-state index in [-0.39, 0.29) is 11.9 Å². The second kappa shape index (κ2) is 6.77. The number of aromatic nitrogens is 2. The van der Waals surface area contributed by atoms with Crippen LogP contribution in [-0.2, 0) is 22.5 Å². The molecule has 2 heterocycles. The minimum absolute atomic E-state index is 0.0197. The van der Waals surface area contributed by atoms with Crippen LogP contribution < -0.4 is 10.6 Å². The van der Waals surface area contributed by atoms with Crippen molar-refractivity contribution in [1.29, 1.82) is 0 Å². The number of rotatable bonds is 5. The molecule has 1 fully saturated rings. The SMILES string of the molecule is CCc1nnc(CNC(=O)C[C@H]2COCCN2)s1. The van der Waals surface area contributed by atoms with E-state index in [1.54, 1.807) is 11.3 Å². The average molecular weight is 270 g/mol. The number of ether oxygens (including phenoxy) is 1. The van der Waals surface area contributed by atoms with Gasteiger partial charge in [0.25, 0.3) is 0 Å². The lowest BCUT2D eigenvalue weighted by molar-refractivity contribution is -0.122. The van der Waals surface area contributed by atoms with Gasteiger partial charge in [-0.1, -0.05) is 18.3 Å². The number of carbonyl (C=O) groups is 1. The molecule has 0 aliphatic carbocycles. The molecule has 6 nitrogen and oxygen atoms in total. The molecule has 0 aromatic carbocycles. The molecule has 0 radical (unpaired) electrons. The molecular formula is C11H18N4O2S. The maximum absolute atomic E-state index is 11.7. The summed E-state index contributed by atoms with van der Waals surface area (Å²) < 4.78 is 5.30. The standard InChI is InChI=1S/C11H18N4O2S/c1-2-10-14-15-11(18-10)6-13-9(16)5-8-7-17-4-3-12-8/h8,12H,2-7H2,1H3,(H,13,16)/t8-/m0/s1. The van der Waals surface area contributed by atoms with Gasteiger partial charge >= 0.3 is 0 Å². The zero-order valence-electron chi connectivity index (χ0n) is 10.4. The molecule has 1 atom stereocenters. The van der Waals surface area contributed by atoms with Crippen molar-refractivity contribution >= 4 is 17.2 Å². The van der Waals surface area contributed by atoms with Crippen LogP contribution in [0.5, 0.6) is 0 Å². The lowest BCUT2D eigenvalue weighted by atomic mass is 10.2. The third-order valence-electron chi connectivity index (χ3n) is 2.68. The number of morpholine rings is 1. The molecule has 1 amide bonds. The second-order valence-electron chi connectivity index (χ2n) is 4.15. The predicted molar refractivity (Wildman–Crippen MR) is 68.4 cm³/mol. The molecule has 1 saturated heterocycles. The van der Waals surface area contributed by atoms with Gasteiger partial charge in [-0.3, -0.25) is 4.79 Å². The number of hydrogen-bond acceptors (Lipinski definition) is 6. The van der Waals surface area contributed by atoms with Crippen molar-refractivity contribution in [3.8, 4) is 0 Å². The van der Waals surface area contributed by atoms with E-state index in [4.69, 9.17) is 4.74 Å². The number of nitrogens with zero attached hydrogens (tertiary/aromatic N) is 2. The lowest BCUT2D eigenvalue weighted by Gasteiger charge is -2.23. The Morgan fingerprint density at radius 2 is 2.39 bits per heavy atom. The van der Waals surface area contributed by atoms with Gasteiger partial charge in [0.2, 0.25) is 5.91 Å². The van der Waals surface area contributed by atoms with Gasteiger partial charge < -0.3 is 15.4 Å². The molecule has 100 valence electrons. The molecule has 1 aromatic heterocycles. The van der Waals surface area contributed by atoms with Crippen LogP contribution in [0.15, 0.2) is 0 Å². The maximum Gasteiger partial charge on any atom is 0.222 e. The zero-order chi connectivity index (χ0) is 12.8. The Balaban J connectivity index is 1.70. The lowest BCUT2D eigenvalue weighted by Crippen LogP contribution is -2.44. The first-order chi connectivity index (χ1) is 8.78. The van der Waals surface area contributed by atoms with Crippen molar-refractivity contribution in [3.63, 3.8) is 0 Å². The summed E-state index contributed by atoms with van der Waals surface area (Å²) in [4.78, 5) is 11.7. The van der Waals surface area contributed by atoms with Crippen molar-refractivity contribution in [2.75, 3.05) is 19.8 Å². The van der Waals surface area contributed by atoms with Gasteiger partial charge in [-0.05, 0) is 6.42 Å². The molecule has 7 heteroatoms. The summed E-state index contributed by atoms with van der Waals surface area (Å²) in [6, 6.07) is 0.124. The quantitative estimate of drug-likeness (QED) is 0.793. The van der Waals surface area contributed by atoms with Crippen LogP contribution >= 0.6 is 11.3 Å². The highest BCUT2D eigenvalue weighted by Crippen LogP contribution is 2.09. The molecule has 1 aromatic rings. The van der Waals surface area contributed by atoms with Gasteiger partial charge in [-0.2, -0.15) is 0 Å². The predicted octanol–water partition coefficient (Wildman–Crippen LogP) is 0.0952. The minimum Gasteiger partial charge on any atom is -0.378 e. The molecule has 2 rings (SSSR count). The highest BCUT2D eigenvalue weighted by molar-refractivity contribution is 7.11. The van der Waals surface area contributed by atoms with Crippen molar-refractivity contribution < 1.29 is 9.53 Å². The number of nitrogens with one attached hydrogen (secondary N) is 2. The molecule has 1 aliphatic heterocycles. The number of amides is 1. The summed E-state index contributed by atoms with van der Waals surface area (Å²) >= 11 is 1.54. The second-order valence-corrected chi connectivity index (χ2v) is 5.30. The van der Waals surface area contributed by atoms with Crippen molar-refractivity contribution in [2.24, 2.45) is 0 Å². The van der Waals surface area contributed by atoms with E-state index < -0.39 is 0 Å². The molecule has 0 unspecified atom stereocenters. The molecule has 0 bridgehead atoms. The van der Waals surface area contributed by atoms with Crippen LogP contribution in [0.25, 0.3) is 0 Å². The Bertz CT molecular complexity index is 390. The minimum atomic E-state index is 0.0197. The fraction of sp³-hybridized carbons (Fsp3) is 0.727. The van der Waals surface area contributed by atoms with E-state index in [0.29, 0.717) is 19.6 Å². The van der Waals surface area contributed by atoms with E-state index in [0.717, 1.165) is 29.6 Å². The van der Waals surface area contributed by atoms with E-state index in [2.05, 4.69) is 20.8 Å². The Morgan fingerprint density at radius 3 is 3.06 bits per heavy atom. The van der Waals surface area contributed by atoms with Crippen molar-refractivity contribution in [3.05, 3.63) is 10.0 Å². The Hall–Kier alpha value is -1.05. The normalized spacial score (nSPS) is 19.7. The highest BCUT2D eigenvalue weighted by Gasteiger charge is 2.16. The Kier molecular flexibility index (Phi) is 5.03. The average Bonchev–Trinajstić information content (AvgIpc) is 2.85. The number of hydrogen-bond donors (Lipinski definition) is 2. The largest absolute Gasteiger partial charge is 0.378 e. The van der Waals surface area contributed by atoms with E-state index in [9.17, 15) is 4.79 Å². The van der Waals surface area contributed by atoms with Crippen molar-refractivity contribution in [2.45, 2.75) is 32.4 Å². The topological polar surface area (TPSA) is 76.1 Å². The third kappa shape index (κ3) is 4.01. The smallest absolute Gasteiger partial charge is 0.222 e. The fourth-order valence-electron chi connectivity index (χ4n) is 1.72. The molecular weight excluding hydrogens is 252 g/mol. The monoisotopic (exact) mass is 270 g/mol. The highest BCUT2D eigenvalue weighted by atomic mass is 32.1. The Labute approximate surface area is 110 Å². The van der Waals surface area contributed by atoms with Gasteiger partial charge in [0.1, 0.15) is 10.0 Å². The summed E-state index contributed by atoms with van der Waals surface area (Å²) in [5.41, 5.74) is 0. The zero-order valence-corrected chi connectivity index (χ0v) is 11.3. The first-order valence-corrected chi connectivity index (χ1v) is 6.98. The van der Waals surface area contributed by atoms with Crippen LogP contribution in [0.3, 0.4) is 0 Å². The van der Waals surface area contributed by atoms with Crippen molar-refractivity contribution in [1.82, 2.24) is 20.8 Å². The van der Waals surface area contributed by atoms with Gasteiger partial charge in [0, 0.05) is 19.0 Å². The molecule has 2 N–H and O–H groups in total. The van der Waals surface area contributed by atoms with Gasteiger partial charge in [-0.25, -0.2) is 0 Å². The van der Waals surface area contributed by atoms with Gasteiger partial charge in [0.05, 0.1) is 19.8 Å². The van der Waals surface area contributed by atoms with E-state index in [1.165, 1.54) is 0 Å². The molecule has 18 heavy (non-hydrogen) atoms. The van der Waals surface area contributed by atoms with Gasteiger partial charge in [-0.15, -0.1) is 10.2 Å².